The van der Waals surface area contributed by atoms with Gasteiger partial charge in [-0.25, -0.2) is 0 Å². The van der Waals surface area contributed by atoms with Gasteiger partial charge in [-0.05, 0) is 25.9 Å². The first kappa shape index (κ1) is 3.21. The van der Waals surface area contributed by atoms with Crippen molar-refractivity contribution in [2.24, 2.45) is 5.92 Å². The number of rotatable bonds is 1. The molecule has 1 nitrogen and oxygen atoms in total. The summed E-state index contributed by atoms with van der Waals surface area (Å²) in [4.78, 5) is 1.61. The lowest BCUT2D eigenvalue weighted by molar-refractivity contribution is 0.0867. The van der Waals surface area contributed by atoms with E-state index in [1.54, 1.807) is 4.90 Å². The molecule has 0 aromatic rings. The third-order valence-corrected chi connectivity index (χ3v) is 1.84. The van der Waals surface area contributed by atoms with Gasteiger partial charge in [0.05, 0.1) is 0 Å². The monoisotopic (exact) mass is 116 g/mol. The lowest BCUT2D eigenvalue weighted by Gasteiger charge is -2.40. The van der Waals surface area contributed by atoms with E-state index in [1.807, 2.05) is 0 Å². The van der Waals surface area contributed by atoms with Crippen molar-refractivity contribution in [3.63, 3.8) is 0 Å². The Morgan fingerprint density at radius 2 is 2.50 bits per heavy atom. The molecule has 1 heterocycles. The fraction of sp³-hybridized carbons (Fsp3) is 1.00. The van der Waals surface area contributed by atoms with E-state index in [1.165, 1.54) is 0 Å². The summed E-state index contributed by atoms with van der Waals surface area (Å²) in [6.45, 7) is 3.01. The maximum absolute atomic E-state index is 7.17. The van der Waals surface area contributed by atoms with Gasteiger partial charge >= 0.3 is 0 Å². The summed E-state index contributed by atoms with van der Waals surface area (Å²) in [7, 11) is 0. The molecule has 1 rings (SSSR count). The molecule has 0 aromatic heterocycles. The van der Waals surface area contributed by atoms with Crippen LogP contribution in [-0.2, 0) is 0 Å². The molecule has 8 heavy (non-hydrogen) atoms. The fourth-order valence-electron chi connectivity index (χ4n) is 1.10. The fourth-order valence-corrected chi connectivity index (χ4v) is 1.10. The van der Waals surface area contributed by atoms with Crippen molar-refractivity contribution in [2.45, 2.75) is 26.3 Å². The smallest absolute Gasteiger partial charge is 0.0394 e. The van der Waals surface area contributed by atoms with E-state index in [-0.39, 0.29) is 6.04 Å². The van der Waals surface area contributed by atoms with E-state index in [0.29, 0.717) is 5.92 Å². The Labute approximate surface area is 55.9 Å². The predicted molar refractivity (Wildman–Crippen MR) is 35.9 cm³/mol. The lowest BCUT2D eigenvalue weighted by Crippen LogP contribution is -2.47. The van der Waals surface area contributed by atoms with Crippen molar-refractivity contribution in [2.75, 3.05) is 13.5 Å². The molecule has 0 bridgehead atoms. The largest absolute Gasteiger partial charge is 0.303 e. The van der Waals surface area contributed by atoms with Crippen LogP contribution >= 0.6 is 0 Å². The average Bonchev–Trinajstić information content (AvgIpc) is 1.51. The van der Waals surface area contributed by atoms with Crippen LogP contribution in [0.3, 0.4) is 0 Å². The van der Waals surface area contributed by atoms with Crippen LogP contribution in [0.2, 0.25) is 0 Å². The summed E-state index contributed by atoms with van der Waals surface area (Å²) in [5.74, 6) is 0.462. The van der Waals surface area contributed by atoms with Gasteiger partial charge in [-0.1, -0.05) is 13.8 Å². The number of nitrogens with zero attached hydrogens (tertiary/aromatic N) is 1. The number of hydrogen-bond acceptors (Lipinski definition) is 1. The number of hydrogen-bond donors (Lipinski definition) is 0. The van der Waals surface area contributed by atoms with E-state index >= 15 is 0 Å². The maximum atomic E-state index is 7.17. The third-order valence-electron chi connectivity index (χ3n) is 1.84. The standard InChI is InChI=1S/C7H15N/c1-6(2)7-4-5-8(7)3/h6-7H,4-5H2,1-3H3/i3D3. The molecule has 1 fully saturated rings. The van der Waals surface area contributed by atoms with Gasteiger partial charge < -0.3 is 4.90 Å². The predicted octanol–water partition coefficient (Wildman–Crippen LogP) is 1.35. The Bertz CT molecular complexity index is 141. The Hall–Kier alpha value is -0.0400. The molecule has 0 amide bonds. The molecule has 0 spiro atoms. The lowest BCUT2D eigenvalue weighted by atomic mass is 9.93. The molecule has 1 unspecified atom stereocenters. The van der Waals surface area contributed by atoms with Crippen molar-refractivity contribution < 1.29 is 4.11 Å². The molecule has 1 saturated heterocycles. The summed E-state index contributed by atoms with van der Waals surface area (Å²) in [6.07, 6.45) is 1.04. The van der Waals surface area contributed by atoms with Crippen LogP contribution in [0.1, 0.15) is 24.4 Å². The van der Waals surface area contributed by atoms with Crippen molar-refractivity contribution >= 4 is 0 Å². The minimum Gasteiger partial charge on any atom is -0.303 e. The van der Waals surface area contributed by atoms with Crippen molar-refractivity contribution in [3.05, 3.63) is 0 Å². The molecule has 0 aromatic carbocycles. The van der Waals surface area contributed by atoms with Crippen LogP contribution in [0.25, 0.3) is 0 Å². The third kappa shape index (κ3) is 0.873. The molecule has 0 radical (unpaired) electrons. The normalized spacial score (nSPS) is 37.9. The second-order valence-electron chi connectivity index (χ2n) is 2.79. The molecule has 1 atom stereocenters. The van der Waals surface area contributed by atoms with E-state index in [2.05, 4.69) is 13.8 Å². The summed E-state index contributed by atoms with van der Waals surface area (Å²) in [5.41, 5.74) is 0. The van der Waals surface area contributed by atoms with Crippen LogP contribution in [0.15, 0.2) is 0 Å². The quantitative estimate of drug-likeness (QED) is 0.500. The maximum Gasteiger partial charge on any atom is 0.0394 e. The van der Waals surface area contributed by atoms with E-state index in [9.17, 15) is 0 Å². The zero-order valence-corrected chi connectivity index (χ0v) is 5.52. The highest BCUT2D eigenvalue weighted by atomic mass is 15.2. The SMILES string of the molecule is [2H]C([2H])([2H])N1CCC1C(C)C. The molecular formula is C7H15N. The number of likely N-dealkylation sites (tertiary alicyclic amines) is 1. The Morgan fingerprint density at radius 1 is 1.75 bits per heavy atom. The van der Waals surface area contributed by atoms with Crippen LogP contribution < -0.4 is 0 Å². The second kappa shape index (κ2) is 2.06. The molecule has 1 heteroatoms. The Morgan fingerprint density at radius 3 is 2.62 bits per heavy atom. The van der Waals surface area contributed by atoms with Crippen molar-refractivity contribution in [1.82, 2.24) is 4.90 Å². The molecule has 1 aliphatic heterocycles. The van der Waals surface area contributed by atoms with Gasteiger partial charge in [-0.15, -0.1) is 0 Å². The molecule has 0 N–H and O–H groups in total. The van der Waals surface area contributed by atoms with Crippen LogP contribution in [0.5, 0.6) is 0 Å². The van der Waals surface area contributed by atoms with Gasteiger partial charge in [-0.3, -0.25) is 0 Å². The summed E-state index contributed by atoms with van der Waals surface area (Å²) < 4.78 is 21.5. The molecule has 1 aliphatic rings. The van der Waals surface area contributed by atoms with Crippen molar-refractivity contribution in [1.29, 1.82) is 0 Å². The highest BCUT2D eigenvalue weighted by Gasteiger charge is 2.26. The Kier molecular flexibility index (Phi) is 0.826. The van der Waals surface area contributed by atoms with Gasteiger partial charge in [0.15, 0.2) is 0 Å². The Balaban J connectivity index is 2.50. The van der Waals surface area contributed by atoms with Gasteiger partial charge in [0.2, 0.25) is 0 Å². The zero-order valence-electron chi connectivity index (χ0n) is 8.52. The van der Waals surface area contributed by atoms with Crippen LogP contribution in [0, 0.1) is 5.92 Å². The van der Waals surface area contributed by atoms with Gasteiger partial charge in [0, 0.05) is 10.2 Å². The molecule has 0 saturated carbocycles. The van der Waals surface area contributed by atoms with E-state index in [4.69, 9.17) is 4.11 Å². The summed E-state index contributed by atoms with van der Waals surface area (Å²) in [6, 6.07) is 0.280. The van der Waals surface area contributed by atoms with E-state index in [0.717, 1.165) is 13.0 Å². The first-order valence-electron chi connectivity index (χ1n) is 4.69. The summed E-state index contributed by atoms with van der Waals surface area (Å²) >= 11 is 0. The molecule has 48 valence electrons. The van der Waals surface area contributed by atoms with Crippen LogP contribution in [0.4, 0.5) is 0 Å². The molecular weight excluding hydrogens is 98.1 g/mol. The topological polar surface area (TPSA) is 3.24 Å². The van der Waals surface area contributed by atoms with Gasteiger partial charge in [0.25, 0.3) is 0 Å². The summed E-state index contributed by atoms with van der Waals surface area (Å²) in [5, 5.41) is 0. The van der Waals surface area contributed by atoms with Crippen molar-refractivity contribution in [3.8, 4) is 0 Å². The highest BCUT2D eigenvalue weighted by Crippen LogP contribution is 2.21. The average molecular weight is 116 g/mol. The highest BCUT2D eigenvalue weighted by molar-refractivity contribution is 4.81. The van der Waals surface area contributed by atoms with Crippen LogP contribution in [-0.4, -0.2) is 24.5 Å². The minimum absolute atomic E-state index is 0.280. The first-order valence-corrected chi connectivity index (χ1v) is 3.19. The molecule has 0 aliphatic carbocycles. The first-order chi connectivity index (χ1) is 4.93. The second-order valence-corrected chi connectivity index (χ2v) is 2.79. The zero-order chi connectivity index (χ0) is 8.65. The van der Waals surface area contributed by atoms with E-state index < -0.39 is 6.98 Å². The van der Waals surface area contributed by atoms with Gasteiger partial charge in [0.1, 0.15) is 0 Å². The van der Waals surface area contributed by atoms with Gasteiger partial charge in [-0.2, -0.15) is 0 Å². The minimum atomic E-state index is -1.87.